The Hall–Kier alpha value is -1.92. The first-order valence-electron chi connectivity index (χ1n) is 6.11. The van der Waals surface area contributed by atoms with Crippen LogP contribution >= 0.6 is 0 Å². The number of hydrogen-bond acceptors (Lipinski definition) is 4. The van der Waals surface area contributed by atoms with E-state index >= 15 is 0 Å². The van der Waals surface area contributed by atoms with Crippen molar-refractivity contribution in [1.29, 1.82) is 0 Å². The van der Waals surface area contributed by atoms with Crippen LogP contribution in [0.4, 0.5) is 0 Å². The fourth-order valence-electron chi connectivity index (χ4n) is 1.51. The van der Waals surface area contributed by atoms with Crippen molar-refractivity contribution in [2.45, 2.75) is 24.7 Å². The van der Waals surface area contributed by atoms with Gasteiger partial charge in [-0.2, -0.15) is 8.42 Å². The molecule has 0 radical (unpaired) electrons. The second-order valence-electron chi connectivity index (χ2n) is 4.07. The number of unbranched alkanes of at least 4 members (excludes halogenated alkanes) is 1. The van der Waals surface area contributed by atoms with Gasteiger partial charge in [0.15, 0.2) is 0 Å². The lowest BCUT2D eigenvalue weighted by Crippen LogP contribution is -1.97. The molecule has 2 aromatic carbocycles. The van der Waals surface area contributed by atoms with E-state index in [1.165, 1.54) is 18.3 Å². The van der Waals surface area contributed by atoms with Crippen LogP contribution in [0.1, 0.15) is 19.8 Å². The highest BCUT2D eigenvalue weighted by molar-refractivity contribution is 7.85. The van der Waals surface area contributed by atoms with Crippen LogP contribution in [0.5, 0.6) is 0 Å². The van der Waals surface area contributed by atoms with E-state index in [0.29, 0.717) is 0 Å². The van der Waals surface area contributed by atoms with Crippen molar-refractivity contribution < 1.29 is 18.2 Å². The molecule has 0 aromatic heterocycles. The van der Waals surface area contributed by atoms with Crippen LogP contribution in [0.2, 0.25) is 0 Å². The van der Waals surface area contributed by atoms with E-state index in [4.69, 9.17) is 9.76 Å². The minimum absolute atomic E-state index is 0.0730. The van der Waals surface area contributed by atoms with Gasteiger partial charge in [0.1, 0.15) is 0 Å². The van der Waals surface area contributed by atoms with Gasteiger partial charge in [-0.1, -0.05) is 43.7 Å². The average Bonchev–Trinajstić information content (AvgIpc) is 2.44. The molecule has 0 bridgehead atoms. The zero-order valence-electron chi connectivity index (χ0n) is 11.1. The first-order chi connectivity index (χ1) is 9.49. The third-order valence-electron chi connectivity index (χ3n) is 2.52. The van der Waals surface area contributed by atoms with Gasteiger partial charge in [0, 0.05) is 6.21 Å². The van der Waals surface area contributed by atoms with Crippen molar-refractivity contribution in [2.75, 3.05) is 0 Å². The zero-order chi connectivity index (χ0) is 15.0. The molecule has 0 spiro atoms. The van der Waals surface area contributed by atoms with Crippen molar-refractivity contribution in [3.8, 4) is 0 Å². The third-order valence-corrected chi connectivity index (χ3v) is 3.37. The van der Waals surface area contributed by atoms with E-state index in [2.05, 4.69) is 5.16 Å². The third kappa shape index (κ3) is 4.99. The quantitative estimate of drug-likeness (QED) is 0.393. The molecule has 20 heavy (non-hydrogen) atoms. The van der Waals surface area contributed by atoms with Gasteiger partial charge in [0.25, 0.3) is 10.1 Å². The van der Waals surface area contributed by atoms with Crippen LogP contribution < -0.4 is 0 Å². The van der Waals surface area contributed by atoms with Gasteiger partial charge in [-0.05, 0) is 29.3 Å². The van der Waals surface area contributed by atoms with Crippen molar-refractivity contribution in [2.24, 2.45) is 5.16 Å². The van der Waals surface area contributed by atoms with Crippen molar-refractivity contribution in [3.05, 3.63) is 42.5 Å². The van der Waals surface area contributed by atoms with Gasteiger partial charge in [-0.25, -0.2) is 0 Å². The summed E-state index contributed by atoms with van der Waals surface area (Å²) in [5.74, 6) is 0. The van der Waals surface area contributed by atoms with E-state index in [0.717, 1.165) is 23.6 Å². The lowest BCUT2D eigenvalue weighted by atomic mass is 10.1. The van der Waals surface area contributed by atoms with E-state index in [-0.39, 0.29) is 4.90 Å². The molecule has 108 valence electrons. The van der Waals surface area contributed by atoms with E-state index in [9.17, 15) is 8.42 Å². The lowest BCUT2D eigenvalue weighted by Gasteiger charge is -1.99. The van der Waals surface area contributed by atoms with Gasteiger partial charge >= 0.3 is 0 Å². The van der Waals surface area contributed by atoms with E-state index in [1.807, 2.05) is 25.1 Å². The fourth-order valence-corrected chi connectivity index (χ4v) is 2.03. The van der Waals surface area contributed by atoms with Gasteiger partial charge in [-0.3, -0.25) is 4.55 Å². The Bertz CT molecular complexity index is 680. The number of benzene rings is 2. The number of rotatable bonds is 3. The molecule has 0 heterocycles. The predicted molar refractivity (Wildman–Crippen MR) is 78.9 cm³/mol. The predicted octanol–water partition coefficient (Wildman–Crippen LogP) is 3.33. The molecule has 0 fully saturated rings. The lowest BCUT2D eigenvalue weighted by molar-refractivity contribution is 0.320. The summed E-state index contributed by atoms with van der Waals surface area (Å²) >= 11 is 0. The number of fused-ring (bicyclic) bond motifs is 1. The summed E-state index contributed by atoms with van der Waals surface area (Å²) in [6.07, 6.45) is 3.40. The minimum atomic E-state index is -4.09. The highest BCUT2D eigenvalue weighted by Gasteiger charge is 2.08. The number of nitrogens with zero attached hydrogens (tertiary/aromatic N) is 1. The molecule has 0 aliphatic carbocycles. The van der Waals surface area contributed by atoms with Crippen molar-refractivity contribution >= 4 is 27.1 Å². The molecule has 0 saturated carbocycles. The maximum Gasteiger partial charge on any atom is 0.294 e. The largest absolute Gasteiger partial charge is 0.411 e. The van der Waals surface area contributed by atoms with Crippen LogP contribution in [0, 0.1) is 0 Å². The van der Waals surface area contributed by atoms with Gasteiger partial charge in [-0.15, -0.1) is 5.16 Å². The normalized spacial score (nSPS) is 11.3. The highest BCUT2D eigenvalue weighted by atomic mass is 32.2. The summed E-state index contributed by atoms with van der Waals surface area (Å²) in [5, 5.41) is 12.3. The highest BCUT2D eigenvalue weighted by Crippen LogP contribution is 2.18. The Morgan fingerprint density at radius 1 is 1.15 bits per heavy atom. The summed E-state index contributed by atoms with van der Waals surface area (Å²) in [7, 11) is -4.09. The molecule has 2 rings (SSSR count). The first-order valence-corrected chi connectivity index (χ1v) is 7.55. The van der Waals surface area contributed by atoms with Crippen molar-refractivity contribution in [3.63, 3.8) is 0 Å². The summed E-state index contributed by atoms with van der Waals surface area (Å²) in [5.41, 5.74) is 0. The molecule has 0 saturated heterocycles. The molecule has 6 heteroatoms. The van der Waals surface area contributed by atoms with Gasteiger partial charge in [0.2, 0.25) is 0 Å². The van der Waals surface area contributed by atoms with E-state index in [1.54, 1.807) is 12.1 Å². The summed E-state index contributed by atoms with van der Waals surface area (Å²) in [4.78, 5) is -0.0730. The van der Waals surface area contributed by atoms with Crippen molar-refractivity contribution in [1.82, 2.24) is 0 Å². The SMILES string of the molecule is CCCC=NO.O=S(=O)(O)c1ccc2ccccc2c1. The Morgan fingerprint density at radius 2 is 1.80 bits per heavy atom. The molecule has 0 aliphatic heterocycles. The Labute approximate surface area is 118 Å². The van der Waals surface area contributed by atoms with Crippen LogP contribution in [-0.4, -0.2) is 24.4 Å². The summed E-state index contributed by atoms with van der Waals surface area (Å²) in [6.45, 7) is 2.03. The molecule has 2 aromatic rings. The second kappa shape index (κ2) is 7.62. The monoisotopic (exact) mass is 295 g/mol. The molecule has 0 atom stereocenters. The Balaban J connectivity index is 0.000000286. The Morgan fingerprint density at radius 3 is 2.30 bits per heavy atom. The molecule has 0 unspecified atom stereocenters. The first kappa shape index (κ1) is 16.1. The molecule has 2 N–H and O–H groups in total. The number of hydrogen-bond donors (Lipinski definition) is 2. The average molecular weight is 295 g/mol. The van der Waals surface area contributed by atoms with E-state index < -0.39 is 10.1 Å². The molecular formula is C14H17NO4S. The van der Waals surface area contributed by atoms with Crippen LogP contribution in [-0.2, 0) is 10.1 Å². The summed E-state index contributed by atoms with van der Waals surface area (Å²) < 4.78 is 30.5. The standard InChI is InChI=1S/C10H8O3S.C4H9NO/c11-14(12,13)10-6-5-8-3-1-2-4-9(8)7-10;1-2-3-4-5-6/h1-7H,(H,11,12,13);4,6H,2-3H2,1H3. The Kier molecular flexibility index (Phi) is 6.14. The fraction of sp³-hybridized carbons (Fsp3) is 0.214. The van der Waals surface area contributed by atoms with Crippen LogP contribution in [0.25, 0.3) is 10.8 Å². The van der Waals surface area contributed by atoms with Crippen LogP contribution in [0.3, 0.4) is 0 Å². The zero-order valence-corrected chi connectivity index (χ0v) is 11.9. The van der Waals surface area contributed by atoms with Crippen LogP contribution in [0.15, 0.2) is 52.5 Å². The minimum Gasteiger partial charge on any atom is -0.411 e. The smallest absolute Gasteiger partial charge is 0.294 e. The molecular weight excluding hydrogens is 278 g/mol. The molecule has 5 nitrogen and oxygen atoms in total. The topological polar surface area (TPSA) is 87.0 Å². The number of oxime groups is 1. The van der Waals surface area contributed by atoms with Gasteiger partial charge in [0.05, 0.1) is 4.90 Å². The van der Waals surface area contributed by atoms with Gasteiger partial charge < -0.3 is 5.21 Å². The second-order valence-corrected chi connectivity index (χ2v) is 5.49. The maximum absolute atomic E-state index is 10.8. The molecule has 0 amide bonds. The molecule has 0 aliphatic rings. The maximum atomic E-state index is 10.8. The summed E-state index contributed by atoms with van der Waals surface area (Å²) in [6, 6.07) is 11.9.